The van der Waals surface area contributed by atoms with Crippen LogP contribution in [0.2, 0.25) is 0 Å². The molecule has 0 spiro atoms. The van der Waals surface area contributed by atoms with E-state index in [0.29, 0.717) is 0 Å². The Hall–Kier alpha value is -1.30. The molecule has 4 nitrogen and oxygen atoms in total. The van der Waals surface area contributed by atoms with Crippen molar-refractivity contribution < 1.29 is 39.3 Å². The minimum atomic E-state index is -1.20. The molecule has 0 aliphatic heterocycles. The Morgan fingerprint density at radius 3 is 1.19 bits per heavy atom. The number of hydrogen-bond acceptors (Lipinski definition) is 6. The third-order valence-corrected chi connectivity index (χ3v) is 4.83. The van der Waals surface area contributed by atoms with Gasteiger partial charge >= 0.3 is 19.5 Å². The van der Waals surface area contributed by atoms with Gasteiger partial charge in [0.15, 0.2) is 0 Å². The number of carbonyl (C=O) groups excluding carboxylic acids is 2. The van der Waals surface area contributed by atoms with Crippen LogP contribution in [0.1, 0.15) is 20.7 Å². The van der Waals surface area contributed by atoms with Gasteiger partial charge < -0.3 is 19.8 Å². The Morgan fingerprint density at radius 1 is 0.667 bits per heavy atom. The molecule has 0 aromatic heterocycles. The maximum Gasteiger partial charge on any atom is 2.00 e. The van der Waals surface area contributed by atoms with Crippen LogP contribution in [0.5, 0.6) is 0 Å². The molecular formula is C14H8O4S2Zn. The third kappa shape index (κ3) is 5.19. The topological polar surface area (TPSA) is 80.3 Å². The fraction of sp³-hybridized carbons (Fsp3) is 0. The quantitative estimate of drug-likeness (QED) is 0.582. The summed E-state index contributed by atoms with van der Waals surface area (Å²) in [6.45, 7) is 0. The van der Waals surface area contributed by atoms with Crippen molar-refractivity contribution >= 4 is 33.5 Å². The Balaban J connectivity index is 0.00000220. The van der Waals surface area contributed by atoms with Crippen LogP contribution < -0.4 is 10.2 Å². The van der Waals surface area contributed by atoms with Gasteiger partial charge in [0.1, 0.15) is 0 Å². The SMILES string of the molecule is O=C([O-])c1ccc(SSc2ccc(C(=O)[O-])cc2)cc1.[Zn+2]. The number of rotatable bonds is 5. The van der Waals surface area contributed by atoms with Gasteiger partial charge in [0.2, 0.25) is 0 Å². The molecule has 0 aliphatic carbocycles. The summed E-state index contributed by atoms with van der Waals surface area (Å²) in [5.74, 6) is -2.40. The van der Waals surface area contributed by atoms with E-state index in [-0.39, 0.29) is 30.6 Å². The van der Waals surface area contributed by atoms with Gasteiger partial charge in [0, 0.05) is 9.79 Å². The summed E-state index contributed by atoms with van der Waals surface area (Å²) in [7, 11) is 2.90. The summed E-state index contributed by atoms with van der Waals surface area (Å²) >= 11 is 0. The first kappa shape index (κ1) is 17.8. The molecule has 0 N–H and O–H groups in total. The summed E-state index contributed by atoms with van der Waals surface area (Å²) < 4.78 is 0. The molecule has 2 aromatic rings. The summed E-state index contributed by atoms with van der Waals surface area (Å²) in [6.07, 6.45) is 0. The first-order valence-corrected chi connectivity index (χ1v) is 7.68. The molecule has 0 amide bonds. The zero-order chi connectivity index (χ0) is 14.5. The second kappa shape index (κ2) is 8.22. The van der Waals surface area contributed by atoms with Crippen molar-refractivity contribution in [1.82, 2.24) is 0 Å². The standard InChI is InChI=1S/C14H10O4S2.Zn/c15-13(16)9-1-5-11(6-2-9)19-20-12-7-3-10(4-8-12)14(17)18;/h1-8H,(H,15,16)(H,17,18);/q;+2/p-2. The monoisotopic (exact) mass is 368 g/mol. The number of hydrogen-bond donors (Lipinski definition) is 0. The Bertz CT molecular complexity index is 569. The van der Waals surface area contributed by atoms with Gasteiger partial charge in [-0.2, -0.15) is 0 Å². The molecule has 0 unspecified atom stereocenters. The smallest absolute Gasteiger partial charge is 0.545 e. The van der Waals surface area contributed by atoms with Gasteiger partial charge in [-0.1, -0.05) is 45.9 Å². The van der Waals surface area contributed by atoms with E-state index in [2.05, 4.69) is 0 Å². The molecule has 2 rings (SSSR count). The minimum Gasteiger partial charge on any atom is -0.545 e. The van der Waals surface area contributed by atoms with Crippen LogP contribution in [-0.4, -0.2) is 11.9 Å². The molecule has 0 fully saturated rings. The second-order valence-corrected chi connectivity index (χ2v) is 6.07. The van der Waals surface area contributed by atoms with Crippen molar-refractivity contribution in [3.63, 3.8) is 0 Å². The van der Waals surface area contributed by atoms with Gasteiger partial charge in [-0.3, -0.25) is 0 Å². The van der Waals surface area contributed by atoms with Crippen molar-refractivity contribution in [2.24, 2.45) is 0 Å². The molecule has 7 heteroatoms. The van der Waals surface area contributed by atoms with Crippen LogP contribution in [0.15, 0.2) is 58.3 Å². The average Bonchev–Trinajstić information content (AvgIpc) is 2.46. The molecule has 0 heterocycles. The Labute approximate surface area is 142 Å². The average molecular weight is 370 g/mol. The van der Waals surface area contributed by atoms with Crippen LogP contribution in [0.3, 0.4) is 0 Å². The summed E-state index contributed by atoms with van der Waals surface area (Å²) in [5.41, 5.74) is 0.273. The van der Waals surface area contributed by atoms with Crippen LogP contribution >= 0.6 is 21.6 Å². The molecule has 0 atom stereocenters. The van der Waals surface area contributed by atoms with Crippen molar-refractivity contribution in [3.8, 4) is 0 Å². The molecular weight excluding hydrogens is 362 g/mol. The summed E-state index contributed by atoms with van der Waals surface area (Å²) in [5, 5.41) is 21.2. The second-order valence-electron chi connectivity index (χ2n) is 3.79. The van der Waals surface area contributed by atoms with Crippen LogP contribution in [0, 0.1) is 0 Å². The van der Waals surface area contributed by atoms with Crippen molar-refractivity contribution in [2.75, 3.05) is 0 Å². The third-order valence-electron chi connectivity index (χ3n) is 2.41. The first-order valence-electron chi connectivity index (χ1n) is 5.53. The number of carbonyl (C=O) groups is 2. The molecule has 0 bridgehead atoms. The Morgan fingerprint density at radius 2 is 0.952 bits per heavy atom. The zero-order valence-corrected chi connectivity index (χ0v) is 15.4. The van der Waals surface area contributed by atoms with E-state index >= 15 is 0 Å². The molecule has 0 radical (unpaired) electrons. The van der Waals surface area contributed by atoms with Gasteiger partial charge in [-0.15, -0.1) is 0 Å². The van der Waals surface area contributed by atoms with Crippen molar-refractivity contribution in [1.29, 1.82) is 0 Å². The zero-order valence-electron chi connectivity index (χ0n) is 10.8. The summed E-state index contributed by atoms with van der Waals surface area (Å²) in [6, 6.07) is 12.7. The number of benzene rings is 2. The maximum atomic E-state index is 10.6. The largest absolute Gasteiger partial charge is 2.00 e. The van der Waals surface area contributed by atoms with Crippen LogP contribution in [0.4, 0.5) is 0 Å². The van der Waals surface area contributed by atoms with Gasteiger partial charge in [-0.05, 0) is 35.4 Å². The Kier molecular flexibility index (Phi) is 6.95. The number of carboxylic acids is 2. The van der Waals surface area contributed by atoms with Gasteiger partial charge in [0.05, 0.1) is 11.9 Å². The van der Waals surface area contributed by atoms with Gasteiger partial charge in [0.25, 0.3) is 0 Å². The van der Waals surface area contributed by atoms with E-state index in [0.717, 1.165) is 9.79 Å². The maximum absolute atomic E-state index is 10.6. The number of aromatic carboxylic acids is 2. The van der Waals surface area contributed by atoms with E-state index in [1.807, 2.05) is 0 Å². The van der Waals surface area contributed by atoms with E-state index in [9.17, 15) is 19.8 Å². The molecule has 0 saturated carbocycles. The molecule has 102 valence electrons. The molecule has 0 aliphatic rings. The predicted octanol–water partition coefficient (Wildman–Crippen LogP) is 1.21. The summed E-state index contributed by atoms with van der Waals surface area (Å²) in [4.78, 5) is 23.0. The fourth-order valence-corrected chi connectivity index (χ4v) is 3.32. The fourth-order valence-electron chi connectivity index (χ4n) is 1.39. The van der Waals surface area contributed by atoms with Crippen molar-refractivity contribution in [2.45, 2.75) is 9.79 Å². The minimum absolute atomic E-state index is 0. The van der Waals surface area contributed by atoms with Crippen LogP contribution in [0.25, 0.3) is 0 Å². The normalized spacial score (nSPS) is 9.71. The van der Waals surface area contributed by atoms with E-state index < -0.39 is 11.9 Å². The van der Waals surface area contributed by atoms with E-state index in [4.69, 9.17) is 0 Å². The molecule has 21 heavy (non-hydrogen) atoms. The molecule has 2 aromatic carbocycles. The van der Waals surface area contributed by atoms with Gasteiger partial charge in [-0.25, -0.2) is 0 Å². The number of carboxylic acid groups (broad SMARTS) is 2. The van der Waals surface area contributed by atoms with E-state index in [1.54, 1.807) is 24.3 Å². The molecule has 0 saturated heterocycles. The predicted molar refractivity (Wildman–Crippen MR) is 73.3 cm³/mol. The first-order chi connectivity index (χ1) is 9.56. The van der Waals surface area contributed by atoms with E-state index in [1.165, 1.54) is 45.9 Å². The van der Waals surface area contributed by atoms with Crippen molar-refractivity contribution in [3.05, 3.63) is 59.7 Å². The van der Waals surface area contributed by atoms with Crippen LogP contribution in [-0.2, 0) is 19.5 Å².